The molecule has 0 rings (SSSR count). The van der Waals surface area contributed by atoms with Crippen LogP contribution in [0.5, 0.6) is 0 Å². The van der Waals surface area contributed by atoms with Crippen molar-refractivity contribution in [3.8, 4) is 0 Å². The van der Waals surface area contributed by atoms with Crippen LogP contribution >= 0.6 is 0 Å². The number of carbonyl (C=O) groups excluding carboxylic acids is 1. The second kappa shape index (κ2) is 12.8. The minimum absolute atomic E-state index is 0.160. The molecule has 0 aliphatic carbocycles. The third-order valence-corrected chi connectivity index (χ3v) is 3.67. The second-order valence-electron chi connectivity index (χ2n) is 7.09. The van der Waals surface area contributed by atoms with Crippen LogP contribution in [0.15, 0.2) is 46.6 Å². The summed E-state index contributed by atoms with van der Waals surface area (Å²) >= 11 is 0. The standard InChI is InChI=1S/C22H36O2/c1-17(2)10-8-12-19(5)14-15-22(24-21(7)23)16-20(6)13-9-11-18(3)4/h10-11,14,16,22H,8-9,12-13,15H2,1-7H3/b19-14+,20-16+. The van der Waals surface area contributed by atoms with Gasteiger partial charge < -0.3 is 4.74 Å². The first-order valence-corrected chi connectivity index (χ1v) is 8.97. The summed E-state index contributed by atoms with van der Waals surface area (Å²) in [6.45, 7) is 14.2. The second-order valence-corrected chi connectivity index (χ2v) is 7.09. The van der Waals surface area contributed by atoms with Gasteiger partial charge in [-0.25, -0.2) is 0 Å². The Hall–Kier alpha value is -1.57. The smallest absolute Gasteiger partial charge is 0.303 e. The molecule has 0 aromatic carbocycles. The summed E-state index contributed by atoms with van der Waals surface area (Å²) in [5, 5.41) is 0. The Morgan fingerprint density at radius 1 is 0.792 bits per heavy atom. The highest BCUT2D eigenvalue weighted by Gasteiger charge is 2.08. The molecular weight excluding hydrogens is 296 g/mol. The summed E-state index contributed by atoms with van der Waals surface area (Å²) in [5.74, 6) is -0.219. The van der Waals surface area contributed by atoms with Crippen LogP contribution in [-0.4, -0.2) is 12.1 Å². The highest BCUT2D eigenvalue weighted by atomic mass is 16.5. The van der Waals surface area contributed by atoms with Crippen LogP contribution in [-0.2, 0) is 9.53 Å². The Bertz CT molecular complexity index is 496. The predicted octanol–water partition coefficient (Wildman–Crippen LogP) is 6.69. The van der Waals surface area contributed by atoms with Crippen LogP contribution in [0.25, 0.3) is 0 Å². The largest absolute Gasteiger partial charge is 0.458 e. The van der Waals surface area contributed by atoms with E-state index in [1.165, 1.54) is 29.2 Å². The van der Waals surface area contributed by atoms with E-state index in [1.54, 1.807) is 0 Å². The molecule has 2 nitrogen and oxygen atoms in total. The van der Waals surface area contributed by atoms with Crippen LogP contribution in [0.2, 0.25) is 0 Å². The third kappa shape index (κ3) is 14.0. The molecule has 1 atom stereocenters. The number of hydrogen-bond acceptors (Lipinski definition) is 2. The maximum atomic E-state index is 11.3. The quantitative estimate of drug-likeness (QED) is 0.329. The van der Waals surface area contributed by atoms with Gasteiger partial charge in [-0.1, -0.05) is 40.5 Å². The van der Waals surface area contributed by atoms with Crippen LogP contribution < -0.4 is 0 Å². The van der Waals surface area contributed by atoms with Gasteiger partial charge in [-0.2, -0.15) is 0 Å². The Morgan fingerprint density at radius 3 is 1.75 bits per heavy atom. The zero-order chi connectivity index (χ0) is 18.5. The topological polar surface area (TPSA) is 26.3 Å². The van der Waals surface area contributed by atoms with Crippen molar-refractivity contribution in [2.75, 3.05) is 0 Å². The van der Waals surface area contributed by atoms with Gasteiger partial charge in [-0.15, -0.1) is 0 Å². The highest BCUT2D eigenvalue weighted by molar-refractivity contribution is 5.66. The number of hydrogen-bond donors (Lipinski definition) is 0. The molecule has 0 aromatic rings. The highest BCUT2D eigenvalue weighted by Crippen LogP contribution is 2.14. The van der Waals surface area contributed by atoms with Gasteiger partial charge in [0.25, 0.3) is 0 Å². The van der Waals surface area contributed by atoms with Crippen molar-refractivity contribution in [2.24, 2.45) is 0 Å². The van der Waals surface area contributed by atoms with Crippen molar-refractivity contribution >= 4 is 5.97 Å². The van der Waals surface area contributed by atoms with E-state index in [0.29, 0.717) is 0 Å². The fraction of sp³-hybridized carbons (Fsp3) is 0.591. The van der Waals surface area contributed by atoms with E-state index in [4.69, 9.17) is 4.74 Å². The van der Waals surface area contributed by atoms with E-state index in [2.05, 4.69) is 65.8 Å². The van der Waals surface area contributed by atoms with Gasteiger partial charge in [0, 0.05) is 13.3 Å². The monoisotopic (exact) mass is 332 g/mol. The van der Waals surface area contributed by atoms with Crippen molar-refractivity contribution in [2.45, 2.75) is 86.7 Å². The number of allylic oxidation sites excluding steroid dienone is 6. The van der Waals surface area contributed by atoms with Crippen molar-refractivity contribution < 1.29 is 9.53 Å². The lowest BCUT2D eigenvalue weighted by Crippen LogP contribution is -2.13. The Balaban J connectivity index is 4.67. The molecule has 1 unspecified atom stereocenters. The first-order valence-electron chi connectivity index (χ1n) is 8.97. The maximum absolute atomic E-state index is 11.3. The molecule has 0 bridgehead atoms. The minimum atomic E-state index is -0.219. The summed E-state index contributed by atoms with van der Waals surface area (Å²) in [7, 11) is 0. The van der Waals surface area contributed by atoms with Crippen molar-refractivity contribution in [1.29, 1.82) is 0 Å². The molecular formula is C22H36O2. The SMILES string of the molecule is CC(=O)OC(/C=C(\C)CCC=C(C)C)C/C=C(\C)CCC=C(C)C. The summed E-state index contributed by atoms with van der Waals surface area (Å²) in [6, 6.07) is 0. The summed E-state index contributed by atoms with van der Waals surface area (Å²) < 4.78 is 5.45. The number of ether oxygens (including phenoxy) is 1. The lowest BCUT2D eigenvalue weighted by atomic mass is 10.0. The third-order valence-electron chi connectivity index (χ3n) is 3.67. The summed E-state index contributed by atoms with van der Waals surface area (Å²) in [5.41, 5.74) is 5.32. The molecule has 0 aliphatic heterocycles. The normalized spacial score (nSPS) is 13.3. The molecule has 2 heteroatoms. The van der Waals surface area contributed by atoms with Gasteiger partial charge in [0.05, 0.1) is 0 Å². The fourth-order valence-corrected chi connectivity index (χ4v) is 2.36. The number of esters is 1. The van der Waals surface area contributed by atoms with Crippen LogP contribution in [0.1, 0.15) is 80.6 Å². The molecule has 0 fully saturated rings. The van der Waals surface area contributed by atoms with E-state index < -0.39 is 0 Å². The first-order chi connectivity index (χ1) is 11.2. The van der Waals surface area contributed by atoms with Crippen LogP contribution in [0.4, 0.5) is 0 Å². The maximum Gasteiger partial charge on any atom is 0.303 e. The van der Waals surface area contributed by atoms with Crippen LogP contribution in [0.3, 0.4) is 0 Å². The van der Waals surface area contributed by atoms with Gasteiger partial charge in [0.1, 0.15) is 6.10 Å². The molecule has 0 aliphatic rings. The lowest BCUT2D eigenvalue weighted by Gasteiger charge is -2.13. The summed E-state index contributed by atoms with van der Waals surface area (Å²) in [4.78, 5) is 11.3. The van der Waals surface area contributed by atoms with Crippen molar-refractivity contribution in [3.63, 3.8) is 0 Å². The molecule has 0 N–H and O–H groups in total. The lowest BCUT2D eigenvalue weighted by molar-refractivity contribution is -0.144. The summed E-state index contributed by atoms with van der Waals surface area (Å²) in [6.07, 6.45) is 13.6. The molecule has 0 radical (unpaired) electrons. The number of carbonyl (C=O) groups is 1. The predicted molar refractivity (Wildman–Crippen MR) is 105 cm³/mol. The molecule has 0 spiro atoms. The minimum Gasteiger partial charge on any atom is -0.458 e. The Morgan fingerprint density at radius 2 is 1.29 bits per heavy atom. The molecule has 0 saturated heterocycles. The fourth-order valence-electron chi connectivity index (χ4n) is 2.36. The van der Waals surface area contributed by atoms with Gasteiger partial charge in [0.15, 0.2) is 0 Å². The van der Waals surface area contributed by atoms with E-state index in [-0.39, 0.29) is 12.1 Å². The zero-order valence-corrected chi connectivity index (χ0v) is 16.7. The Kier molecular flexibility index (Phi) is 12.0. The molecule has 0 heterocycles. The molecule has 0 saturated carbocycles. The molecule has 24 heavy (non-hydrogen) atoms. The van der Waals surface area contributed by atoms with E-state index in [0.717, 1.165) is 32.1 Å². The van der Waals surface area contributed by atoms with Gasteiger partial charge in [-0.05, 0) is 73.3 Å². The van der Waals surface area contributed by atoms with Crippen LogP contribution in [0, 0.1) is 0 Å². The van der Waals surface area contributed by atoms with Crippen molar-refractivity contribution in [3.05, 3.63) is 46.6 Å². The molecule has 136 valence electrons. The van der Waals surface area contributed by atoms with E-state index in [9.17, 15) is 4.79 Å². The van der Waals surface area contributed by atoms with Gasteiger partial charge in [-0.3, -0.25) is 4.79 Å². The van der Waals surface area contributed by atoms with E-state index in [1.807, 2.05) is 0 Å². The van der Waals surface area contributed by atoms with Crippen molar-refractivity contribution in [1.82, 2.24) is 0 Å². The average Bonchev–Trinajstić information content (AvgIpc) is 2.43. The van der Waals surface area contributed by atoms with Gasteiger partial charge >= 0.3 is 5.97 Å². The molecule has 0 amide bonds. The Labute approximate surface area is 149 Å². The molecule has 0 aromatic heterocycles. The van der Waals surface area contributed by atoms with E-state index >= 15 is 0 Å². The zero-order valence-electron chi connectivity index (χ0n) is 16.7. The first kappa shape index (κ1) is 22.4. The van der Waals surface area contributed by atoms with Gasteiger partial charge in [0.2, 0.25) is 0 Å². The number of rotatable bonds is 10. The average molecular weight is 333 g/mol.